The van der Waals surface area contributed by atoms with Gasteiger partial charge in [-0.3, -0.25) is 14.3 Å². The Morgan fingerprint density at radius 2 is 2.29 bits per heavy atom. The Balaban J connectivity index is 2.85. The van der Waals surface area contributed by atoms with Gasteiger partial charge in [-0.15, -0.1) is 0 Å². The first-order chi connectivity index (χ1) is 7.95. The van der Waals surface area contributed by atoms with Gasteiger partial charge < -0.3 is 4.74 Å². The van der Waals surface area contributed by atoms with Crippen molar-refractivity contribution in [3.63, 3.8) is 0 Å². The van der Waals surface area contributed by atoms with Gasteiger partial charge in [-0.25, -0.2) is 9.59 Å². The summed E-state index contributed by atoms with van der Waals surface area (Å²) in [6, 6.07) is 1.45. The molecule has 88 valence electrons. The molecule has 0 aromatic carbocycles. The number of nitrogens with one attached hydrogen (secondary N) is 1. The number of nitriles is 1. The van der Waals surface area contributed by atoms with Crippen LogP contribution in [-0.2, 0) is 16.3 Å². The SMILES string of the molecule is C=C(C#N)C(=O)OCn1cc(F)c(=O)[nH]c1=O. The smallest absolute Gasteiger partial charge is 0.350 e. The van der Waals surface area contributed by atoms with Crippen LogP contribution in [0.25, 0.3) is 0 Å². The normalized spacial score (nSPS) is 9.41. The molecule has 0 atom stereocenters. The molecule has 0 saturated heterocycles. The van der Waals surface area contributed by atoms with Crippen LogP contribution in [0.5, 0.6) is 0 Å². The van der Waals surface area contributed by atoms with E-state index in [1.807, 2.05) is 0 Å². The van der Waals surface area contributed by atoms with Gasteiger partial charge in [0.05, 0.1) is 6.20 Å². The third-order valence-electron chi connectivity index (χ3n) is 1.68. The molecule has 8 heteroatoms. The molecule has 1 aromatic rings. The Morgan fingerprint density at radius 3 is 2.88 bits per heavy atom. The fourth-order valence-electron chi connectivity index (χ4n) is 0.840. The molecule has 0 aliphatic carbocycles. The van der Waals surface area contributed by atoms with Crippen LogP contribution in [0.1, 0.15) is 0 Å². The molecule has 0 aliphatic heterocycles. The summed E-state index contributed by atoms with van der Waals surface area (Å²) in [5, 5.41) is 8.31. The van der Waals surface area contributed by atoms with E-state index in [4.69, 9.17) is 5.26 Å². The molecule has 0 saturated carbocycles. The Hall–Kier alpha value is -2.69. The zero-order chi connectivity index (χ0) is 13.0. The second kappa shape index (κ2) is 4.89. The summed E-state index contributed by atoms with van der Waals surface area (Å²) < 4.78 is 17.9. The highest BCUT2D eigenvalue weighted by atomic mass is 19.1. The minimum Gasteiger partial charge on any atom is -0.440 e. The lowest BCUT2D eigenvalue weighted by molar-refractivity contribution is -0.142. The Kier molecular flexibility index (Phi) is 3.56. The molecular formula is C9H6FN3O4. The number of aromatic amines is 1. The average Bonchev–Trinajstić information content (AvgIpc) is 2.30. The lowest BCUT2D eigenvalue weighted by Crippen LogP contribution is -2.32. The van der Waals surface area contributed by atoms with Gasteiger partial charge in [-0.1, -0.05) is 6.58 Å². The number of halogens is 1. The maximum Gasteiger partial charge on any atom is 0.350 e. The lowest BCUT2D eigenvalue weighted by atomic mass is 10.3. The first kappa shape index (κ1) is 12.4. The Bertz CT molecular complexity index is 622. The van der Waals surface area contributed by atoms with Gasteiger partial charge in [0, 0.05) is 0 Å². The second-order valence-electron chi connectivity index (χ2n) is 2.86. The third-order valence-corrected chi connectivity index (χ3v) is 1.68. The van der Waals surface area contributed by atoms with E-state index in [-0.39, 0.29) is 0 Å². The summed E-state index contributed by atoms with van der Waals surface area (Å²) in [6.07, 6.45) is 0.587. The minimum absolute atomic E-state index is 0.456. The summed E-state index contributed by atoms with van der Waals surface area (Å²) in [6.45, 7) is 2.45. The average molecular weight is 239 g/mol. The van der Waals surface area contributed by atoms with Gasteiger partial charge in [-0.05, 0) is 0 Å². The minimum atomic E-state index is -1.19. The molecule has 0 amide bonds. The highest BCUT2D eigenvalue weighted by molar-refractivity contribution is 5.91. The molecule has 7 nitrogen and oxygen atoms in total. The van der Waals surface area contributed by atoms with E-state index in [9.17, 15) is 18.8 Å². The zero-order valence-electron chi connectivity index (χ0n) is 8.40. The van der Waals surface area contributed by atoms with E-state index in [2.05, 4.69) is 11.3 Å². The molecule has 0 spiro atoms. The Morgan fingerprint density at radius 1 is 1.65 bits per heavy atom. The molecule has 0 fully saturated rings. The van der Waals surface area contributed by atoms with Gasteiger partial charge in [0.25, 0.3) is 5.56 Å². The number of carbonyl (C=O) groups is 1. The van der Waals surface area contributed by atoms with Crippen molar-refractivity contribution in [3.8, 4) is 6.07 Å². The molecule has 0 aliphatic rings. The van der Waals surface area contributed by atoms with Crippen LogP contribution < -0.4 is 11.2 Å². The van der Waals surface area contributed by atoms with E-state index in [0.29, 0.717) is 10.8 Å². The highest BCUT2D eigenvalue weighted by Crippen LogP contribution is 1.93. The number of esters is 1. The third kappa shape index (κ3) is 2.88. The van der Waals surface area contributed by atoms with Crippen molar-refractivity contribution in [1.29, 1.82) is 5.26 Å². The standard InChI is InChI=1S/C9H6FN3O4/c1-5(2-11)8(15)17-4-13-3-6(10)7(14)12-9(13)16/h3H,1,4H2,(H,12,14,16). The zero-order valence-corrected chi connectivity index (χ0v) is 8.40. The maximum absolute atomic E-state index is 12.8. The molecule has 1 heterocycles. The van der Waals surface area contributed by atoms with Crippen LogP contribution in [0, 0.1) is 17.1 Å². The highest BCUT2D eigenvalue weighted by Gasteiger charge is 2.09. The van der Waals surface area contributed by atoms with Crippen molar-refractivity contribution < 1.29 is 13.9 Å². The monoisotopic (exact) mass is 239 g/mol. The Labute approximate surface area is 93.4 Å². The first-order valence-corrected chi connectivity index (χ1v) is 4.21. The molecule has 17 heavy (non-hydrogen) atoms. The maximum atomic E-state index is 12.8. The van der Waals surface area contributed by atoms with Crippen LogP contribution >= 0.6 is 0 Å². The molecule has 0 radical (unpaired) electrons. The van der Waals surface area contributed by atoms with Crippen molar-refractivity contribution in [2.24, 2.45) is 0 Å². The molecule has 0 unspecified atom stereocenters. The van der Waals surface area contributed by atoms with E-state index < -0.39 is 35.3 Å². The van der Waals surface area contributed by atoms with Crippen LogP contribution in [-0.4, -0.2) is 15.5 Å². The fourth-order valence-corrected chi connectivity index (χ4v) is 0.840. The quantitative estimate of drug-likeness (QED) is 0.424. The van der Waals surface area contributed by atoms with Crippen molar-refractivity contribution in [2.75, 3.05) is 0 Å². The van der Waals surface area contributed by atoms with Gasteiger partial charge in [0.2, 0.25) is 5.82 Å². The van der Waals surface area contributed by atoms with E-state index in [1.165, 1.54) is 6.07 Å². The van der Waals surface area contributed by atoms with Crippen LogP contribution in [0.2, 0.25) is 0 Å². The summed E-state index contributed by atoms with van der Waals surface area (Å²) in [4.78, 5) is 34.4. The lowest BCUT2D eigenvalue weighted by Gasteiger charge is -2.05. The number of hydrogen-bond acceptors (Lipinski definition) is 5. The number of nitrogens with zero attached hydrogens (tertiary/aromatic N) is 2. The van der Waals surface area contributed by atoms with Crippen LogP contribution in [0.15, 0.2) is 27.9 Å². The molecular weight excluding hydrogens is 233 g/mol. The molecule has 1 N–H and O–H groups in total. The molecule has 0 bridgehead atoms. The summed E-state index contributed by atoms with van der Waals surface area (Å²) >= 11 is 0. The van der Waals surface area contributed by atoms with E-state index in [0.717, 1.165) is 0 Å². The topological polar surface area (TPSA) is 105 Å². The summed E-state index contributed by atoms with van der Waals surface area (Å²) in [7, 11) is 0. The van der Waals surface area contributed by atoms with Crippen molar-refractivity contribution in [2.45, 2.75) is 6.73 Å². The van der Waals surface area contributed by atoms with E-state index >= 15 is 0 Å². The molecule has 1 rings (SSSR count). The summed E-state index contributed by atoms with van der Waals surface area (Å²) in [5.41, 5.74) is -2.56. The van der Waals surface area contributed by atoms with Crippen molar-refractivity contribution >= 4 is 5.97 Å². The number of carbonyl (C=O) groups excluding carboxylic acids is 1. The van der Waals surface area contributed by atoms with Crippen molar-refractivity contribution in [1.82, 2.24) is 9.55 Å². The van der Waals surface area contributed by atoms with Gasteiger partial charge in [-0.2, -0.15) is 9.65 Å². The summed E-state index contributed by atoms with van der Waals surface area (Å²) in [5.74, 6) is -2.23. The van der Waals surface area contributed by atoms with Crippen molar-refractivity contribution in [3.05, 3.63) is 45.0 Å². The number of ether oxygens (including phenoxy) is 1. The van der Waals surface area contributed by atoms with Gasteiger partial charge >= 0.3 is 11.7 Å². The number of rotatable bonds is 3. The number of aromatic nitrogens is 2. The first-order valence-electron chi connectivity index (χ1n) is 4.21. The molecule has 1 aromatic heterocycles. The second-order valence-corrected chi connectivity index (χ2v) is 2.86. The number of hydrogen-bond donors (Lipinski definition) is 1. The largest absolute Gasteiger partial charge is 0.440 e. The van der Waals surface area contributed by atoms with Gasteiger partial charge in [0.1, 0.15) is 11.6 Å². The fraction of sp³-hybridized carbons (Fsp3) is 0.111. The van der Waals surface area contributed by atoms with Gasteiger partial charge in [0.15, 0.2) is 6.73 Å². The predicted molar refractivity (Wildman–Crippen MR) is 52.1 cm³/mol. The predicted octanol–water partition coefficient (Wildman–Crippen LogP) is -0.744. The van der Waals surface area contributed by atoms with Crippen LogP contribution in [0.3, 0.4) is 0 Å². The van der Waals surface area contributed by atoms with E-state index in [1.54, 1.807) is 4.98 Å². The van der Waals surface area contributed by atoms with Crippen LogP contribution in [0.4, 0.5) is 4.39 Å². The number of H-pyrrole nitrogens is 1.